The summed E-state index contributed by atoms with van der Waals surface area (Å²) in [4.78, 5) is 16.6. The Kier molecular flexibility index (Phi) is 6.92. The summed E-state index contributed by atoms with van der Waals surface area (Å²) < 4.78 is 11.1. The lowest BCUT2D eigenvalue weighted by Crippen LogP contribution is -2.40. The average molecular weight is 451 g/mol. The topological polar surface area (TPSA) is 80.0 Å². The molecule has 0 atom stereocenters. The summed E-state index contributed by atoms with van der Waals surface area (Å²) in [6.07, 6.45) is 7.99. The van der Waals surface area contributed by atoms with Gasteiger partial charge in [-0.1, -0.05) is 18.2 Å². The van der Waals surface area contributed by atoms with Crippen LogP contribution in [0.5, 0.6) is 0 Å². The molecule has 0 aliphatic carbocycles. The molecule has 5 rings (SSSR count). The van der Waals surface area contributed by atoms with E-state index in [2.05, 4.69) is 45.0 Å². The zero-order chi connectivity index (χ0) is 22.5. The monoisotopic (exact) mass is 450 g/mol. The predicted molar refractivity (Wildman–Crippen MR) is 134 cm³/mol. The van der Waals surface area contributed by atoms with E-state index in [1.165, 1.54) is 24.9 Å². The van der Waals surface area contributed by atoms with Crippen molar-refractivity contribution in [1.82, 2.24) is 9.97 Å². The number of ether oxygens (including phenoxy) is 2. The highest BCUT2D eigenvalue weighted by molar-refractivity contribution is 5.79. The van der Waals surface area contributed by atoms with Crippen LogP contribution in [0.1, 0.15) is 30.7 Å². The van der Waals surface area contributed by atoms with Crippen LogP contribution in [0.3, 0.4) is 0 Å². The fourth-order valence-corrected chi connectivity index (χ4v) is 4.69. The number of nitrogens with zero attached hydrogens (tertiary/aromatic N) is 5. The number of piperidine rings is 1. The van der Waals surface area contributed by atoms with E-state index in [1.54, 1.807) is 0 Å². The molecule has 1 aromatic heterocycles. The molecule has 3 fully saturated rings. The number of benzene rings is 1. The minimum absolute atomic E-state index is 0.641. The maximum Gasteiger partial charge on any atom is 0.158 e. The lowest BCUT2D eigenvalue weighted by atomic mass is 10.1. The van der Waals surface area contributed by atoms with Crippen LogP contribution in [-0.4, -0.2) is 75.7 Å². The van der Waals surface area contributed by atoms with E-state index in [-0.39, 0.29) is 0 Å². The molecular formula is C25H34N6O2. The molecule has 33 heavy (non-hydrogen) atoms. The van der Waals surface area contributed by atoms with E-state index in [0.717, 1.165) is 56.5 Å². The maximum atomic E-state index is 6.59. The SMILES string of the molecule is Nc1c(N2CCOCC2)nc(/C=C/c2ccc(N3CCCCC3)cc2)nc1N1CCOCC1. The Hall–Kier alpha value is -2.84. The molecule has 0 amide bonds. The van der Waals surface area contributed by atoms with Gasteiger partial charge in [0, 0.05) is 45.0 Å². The highest BCUT2D eigenvalue weighted by Crippen LogP contribution is 2.31. The van der Waals surface area contributed by atoms with Gasteiger partial charge >= 0.3 is 0 Å². The van der Waals surface area contributed by atoms with Crippen LogP contribution < -0.4 is 20.4 Å². The fraction of sp³-hybridized carbons (Fsp3) is 0.520. The van der Waals surface area contributed by atoms with Crippen LogP contribution in [-0.2, 0) is 9.47 Å². The van der Waals surface area contributed by atoms with E-state index in [0.29, 0.717) is 37.9 Å². The molecule has 1 aromatic carbocycles. The third-order valence-corrected chi connectivity index (χ3v) is 6.58. The number of hydrogen-bond donors (Lipinski definition) is 1. The van der Waals surface area contributed by atoms with Crippen LogP contribution in [0.4, 0.5) is 23.0 Å². The van der Waals surface area contributed by atoms with Gasteiger partial charge in [-0.25, -0.2) is 9.97 Å². The standard InChI is InChI=1S/C25H34N6O2/c26-23-24(30-12-16-32-17-13-30)27-22(28-25(23)31-14-18-33-19-15-31)9-6-20-4-7-21(8-5-20)29-10-2-1-3-11-29/h4-9H,1-3,10-19,26H2/b9-6+. The number of nitrogen functional groups attached to an aromatic ring is 1. The van der Waals surface area contributed by atoms with Crippen molar-refractivity contribution < 1.29 is 9.47 Å². The number of rotatable bonds is 5. The second-order valence-electron chi connectivity index (χ2n) is 8.81. The molecule has 3 aliphatic rings. The molecule has 4 heterocycles. The van der Waals surface area contributed by atoms with Crippen molar-refractivity contribution in [2.45, 2.75) is 19.3 Å². The average Bonchev–Trinajstić information content (AvgIpc) is 2.90. The number of morpholine rings is 2. The minimum Gasteiger partial charge on any atom is -0.393 e. The minimum atomic E-state index is 0.641. The van der Waals surface area contributed by atoms with Gasteiger partial charge in [-0.15, -0.1) is 0 Å². The Bertz CT molecular complexity index is 907. The van der Waals surface area contributed by atoms with Gasteiger partial charge in [0.25, 0.3) is 0 Å². The molecule has 2 aromatic rings. The van der Waals surface area contributed by atoms with E-state index >= 15 is 0 Å². The van der Waals surface area contributed by atoms with Gasteiger partial charge in [0.1, 0.15) is 5.69 Å². The summed E-state index contributed by atoms with van der Waals surface area (Å²) in [7, 11) is 0. The first-order chi connectivity index (χ1) is 16.3. The predicted octanol–water partition coefficient (Wildman–Crippen LogP) is 2.89. The smallest absolute Gasteiger partial charge is 0.158 e. The Morgan fingerprint density at radius 3 is 1.76 bits per heavy atom. The van der Waals surface area contributed by atoms with E-state index < -0.39 is 0 Å². The Labute approximate surface area is 196 Å². The molecule has 8 heteroatoms. The number of aromatic nitrogens is 2. The summed E-state index contributed by atoms with van der Waals surface area (Å²) in [6, 6.07) is 8.77. The van der Waals surface area contributed by atoms with Crippen LogP contribution in [0, 0.1) is 0 Å². The summed E-state index contributed by atoms with van der Waals surface area (Å²) >= 11 is 0. The van der Waals surface area contributed by atoms with Crippen molar-refractivity contribution in [3.8, 4) is 0 Å². The van der Waals surface area contributed by atoms with E-state index in [4.69, 9.17) is 25.2 Å². The van der Waals surface area contributed by atoms with Crippen molar-refractivity contribution in [2.24, 2.45) is 0 Å². The fourth-order valence-electron chi connectivity index (χ4n) is 4.69. The van der Waals surface area contributed by atoms with Gasteiger partial charge in [0.2, 0.25) is 0 Å². The highest BCUT2D eigenvalue weighted by Gasteiger charge is 2.23. The van der Waals surface area contributed by atoms with Gasteiger partial charge in [0.05, 0.1) is 26.4 Å². The second kappa shape index (κ2) is 10.4. The maximum absolute atomic E-state index is 6.59. The summed E-state index contributed by atoms with van der Waals surface area (Å²) in [5, 5.41) is 0. The highest BCUT2D eigenvalue weighted by atomic mass is 16.5. The van der Waals surface area contributed by atoms with Crippen LogP contribution in [0.15, 0.2) is 24.3 Å². The zero-order valence-electron chi connectivity index (χ0n) is 19.3. The molecule has 0 unspecified atom stereocenters. The summed E-state index contributed by atoms with van der Waals surface area (Å²) in [5.41, 5.74) is 9.67. The summed E-state index contributed by atoms with van der Waals surface area (Å²) in [6.45, 7) is 8.18. The second-order valence-corrected chi connectivity index (χ2v) is 8.81. The molecular weight excluding hydrogens is 416 g/mol. The largest absolute Gasteiger partial charge is 0.393 e. The quantitative estimate of drug-likeness (QED) is 0.745. The molecule has 3 aliphatic heterocycles. The normalized spacial score (nSPS) is 19.9. The molecule has 0 bridgehead atoms. The molecule has 2 N–H and O–H groups in total. The van der Waals surface area contributed by atoms with Crippen LogP contribution >= 0.6 is 0 Å². The Morgan fingerprint density at radius 1 is 0.667 bits per heavy atom. The first-order valence-corrected chi connectivity index (χ1v) is 12.1. The number of anilines is 4. The molecule has 0 radical (unpaired) electrons. The molecule has 3 saturated heterocycles. The van der Waals surface area contributed by atoms with Crippen molar-refractivity contribution in [2.75, 3.05) is 86.1 Å². The van der Waals surface area contributed by atoms with Crippen LogP contribution in [0.25, 0.3) is 12.2 Å². The van der Waals surface area contributed by atoms with Gasteiger partial charge in [-0.3, -0.25) is 0 Å². The molecule has 176 valence electrons. The van der Waals surface area contributed by atoms with E-state index in [1.807, 2.05) is 6.08 Å². The first-order valence-electron chi connectivity index (χ1n) is 12.1. The van der Waals surface area contributed by atoms with Gasteiger partial charge in [-0.05, 0) is 43.0 Å². The van der Waals surface area contributed by atoms with Crippen molar-refractivity contribution in [3.05, 3.63) is 35.7 Å². The number of nitrogens with two attached hydrogens (primary N) is 1. The molecule has 8 nitrogen and oxygen atoms in total. The first kappa shape index (κ1) is 22.0. The Balaban J connectivity index is 1.39. The van der Waals surface area contributed by atoms with Crippen molar-refractivity contribution in [1.29, 1.82) is 0 Å². The van der Waals surface area contributed by atoms with Gasteiger partial charge in [-0.2, -0.15) is 0 Å². The Morgan fingerprint density at radius 2 is 1.21 bits per heavy atom. The van der Waals surface area contributed by atoms with Crippen LogP contribution in [0.2, 0.25) is 0 Å². The van der Waals surface area contributed by atoms with Gasteiger partial charge in [0.15, 0.2) is 17.5 Å². The lowest BCUT2D eigenvalue weighted by Gasteiger charge is -2.32. The molecule has 0 saturated carbocycles. The van der Waals surface area contributed by atoms with E-state index in [9.17, 15) is 0 Å². The van der Waals surface area contributed by atoms with Crippen molar-refractivity contribution >= 4 is 35.2 Å². The third kappa shape index (κ3) is 5.23. The number of hydrogen-bond acceptors (Lipinski definition) is 8. The summed E-state index contributed by atoms with van der Waals surface area (Å²) in [5.74, 6) is 2.28. The van der Waals surface area contributed by atoms with Crippen molar-refractivity contribution in [3.63, 3.8) is 0 Å². The van der Waals surface area contributed by atoms with Gasteiger partial charge < -0.3 is 29.9 Å². The zero-order valence-corrected chi connectivity index (χ0v) is 19.3. The molecule has 0 spiro atoms. The third-order valence-electron chi connectivity index (χ3n) is 6.58. The lowest BCUT2D eigenvalue weighted by molar-refractivity contribution is 0.122.